The molecule has 57 valence electrons. The first-order chi connectivity index (χ1) is 4.65. The third-order valence-corrected chi connectivity index (χ3v) is 2.80. The quantitative estimate of drug-likeness (QED) is 0.636. The number of unbranched alkanes of at least 4 members (excludes halogenated alkanes) is 2. The van der Waals surface area contributed by atoms with Gasteiger partial charge in [0, 0.05) is 6.92 Å². The van der Waals surface area contributed by atoms with Crippen molar-refractivity contribution in [2.75, 3.05) is 0 Å². The molecule has 0 rings (SSSR count). The first-order valence-electron chi connectivity index (χ1n) is 3.63. The van der Waals surface area contributed by atoms with E-state index in [4.69, 9.17) is 9.90 Å². The Morgan fingerprint density at radius 2 is 1.90 bits per heavy atom. The van der Waals surface area contributed by atoms with Gasteiger partial charge in [-0.15, -0.1) is 0 Å². The van der Waals surface area contributed by atoms with Gasteiger partial charge in [-0.3, -0.25) is 4.79 Å². The predicted octanol–water partition coefficient (Wildman–Crippen LogP) is 2.23. The third-order valence-electron chi connectivity index (χ3n) is 0.854. The van der Waals surface area contributed by atoms with Gasteiger partial charge in [-0.25, -0.2) is 0 Å². The fourth-order valence-electron chi connectivity index (χ4n) is 0.427. The van der Waals surface area contributed by atoms with E-state index in [1.165, 1.54) is 19.3 Å². The van der Waals surface area contributed by atoms with Gasteiger partial charge in [0.05, 0.1) is 0 Å². The van der Waals surface area contributed by atoms with Crippen LogP contribution in [0, 0.1) is 0 Å². The van der Waals surface area contributed by atoms with E-state index in [0.29, 0.717) is 0 Å². The molecule has 0 aromatic heterocycles. The first kappa shape index (κ1) is 13.0. The summed E-state index contributed by atoms with van der Waals surface area (Å²) in [5.74, 6) is -0.833. The normalized spacial score (nSPS) is 8.00. The number of hydrogen-bond donors (Lipinski definition) is 1. The van der Waals surface area contributed by atoms with Crippen molar-refractivity contribution < 1.29 is 36.0 Å². The fourth-order valence-corrected chi connectivity index (χ4v) is 1.80. The van der Waals surface area contributed by atoms with E-state index in [1.54, 1.807) is 3.93 Å². The number of hydrogen-bond acceptors (Lipinski definition) is 1. The van der Waals surface area contributed by atoms with Gasteiger partial charge < -0.3 is 5.11 Å². The minimum atomic E-state index is -0.833. The average molecular weight is 332 g/mol. The summed E-state index contributed by atoms with van der Waals surface area (Å²) in [6, 6.07) is 0. The molecule has 0 aromatic rings. The molecule has 0 aromatic carbocycles. The summed E-state index contributed by atoms with van der Waals surface area (Å²) in [4.78, 5) is 9.00. The maximum atomic E-state index is 9.00. The Hall–Kier alpha value is 0.405. The summed E-state index contributed by atoms with van der Waals surface area (Å²) in [6.45, 7) is 3.34. The van der Waals surface area contributed by atoms with E-state index in [2.05, 4.69) is 6.92 Å². The van der Waals surface area contributed by atoms with Crippen LogP contribution >= 0.6 is 0 Å². The molecule has 0 aliphatic carbocycles. The van der Waals surface area contributed by atoms with Crippen molar-refractivity contribution in [1.29, 1.82) is 0 Å². The van der Waals surface area contributed by atoms with Crippen molar-refractivity contribution in [2.24, 2.45) is 0 Å². The molecule has 0 radical (unpaired) electrons. The second kappa shape index (κ2) is 12.1. The fraction of sp³-hybridized carbons (Fsp3) is 0.857. The van der Waals surface area contributed by atoms with Crippen molar-refractivity contribution in [3.05, 3.63) is 0 Å². The Morgan fingerprint density at radius 1 is 1.50 bits per heavy atom. The van der Waals surface area contributed by atoms with Crippen molar-refractivity contribution in [2.45, 2.75) is 37.0 Å². The number of carboxylic acid groups (broad SMARTS) is 1. The molecule has 0 atom stereocenters. The van der Waals surface area contributed by atoms with Crippen molar-refractivity contribution in [1.82, 2.24) is 0 Å². The molecule has 0 bridgehead atoms. The minimum absolute atomic E-state index is 0.833. The van der Waals surface area contributed by atoms with E-state index in [1.807, 2.05) is 0 Å². The first-order valence-corrected chi connectivity index (χ1v) is 7.52. The van der Waals surface area contributed by atoms with Gasteiger partial charge in [-0.1, -0.05) is 0 Å². The molecule has 0 fully saturated rings. The predicted molar refractivity (Wildman–Crippen MR) is 37.6 cm³/mol. The van der Waals surface area contributed by atoms with Crippen LogP contribution in [0.25, 0.3) is 0 Å². The molecule has 3 heteroatoms. The molecule has 10 heavy (non-hydrogen) atoms. The monoisotopic (exact) mass is 333 g/mol. The molecule has 2 nitrogen and oxygen atoms in total. The Morgan fingerprint density at radius 3 is 2.00 bits per heavy atom. The van der Waals surface area contributed by atoms with E-state index >= 15 is 0 Å². The summed E-state index contributed by atoms with van der Waals surface area (Å²) in [6.07, 6.45) is 4.35. The van der Waals surface area contributed by atoms with Crippen LogP contribution in [-0.4, -0.2) is 11.1 Å². The Labute approximate surface area is 79.0 Å². The van der Waals surface area contributed by atoms with Crippen molar-refractivity contribution in [3.8, 4) is 0 Å². The van der Waals surface area contributed by atoms with Gasteiger partial charge >= 0.3 is 56.2 Å². The van der Waals surface area contributed by atoms with E-state index in [9.17, 15) is 0 Å². The number of carbonyl (C=O) groups is 1. The Kier molecular flexibility index (Phi) is 15.8. The average Bonchev–Trinajstić information content (AvgIpc) is 1.82. The Balaban J connectivity index is 0. The molecule has 0 spiro atoms. The zero-order valence-corrected chi connectivity index (χ0v) is 12.4. The molecule has 0 aliphatic heterocycles. The topological polar surface area (TPSA) is 37.3 Å². The molecule has 0 heterocycles. The van der Waals surface area contributed by atoms with Gasteiger partial charge in [-0.2, -0.15) is 0 Å². The molecular weight excluding hydrogens is 317 g/mol. The summed E-state index contributed by atoms with van der Waals surface area (Å²) in [5, 5.41) is 7.42. The van der Waals surface area contributed by atoms with Crippen molar-refractivity contribution in [3.63, 3.8) is 0 Å². The molecule has 0 amide bonds. The number of rotatable bonds is 3. The van der Waals surface area contributed by atoms with Crippen molar-refractivity contribution >= 4 is 5.97 Å². The zero-order valence-electron chi connectivity index (χ0n) is 6.89. The van der Waals surface area contributed by atoms with Crippen LogP contribution in [0.3, 0.4) is 0 Å². The van der Waals surface area contributed by atoms with E-state index < -0.39 is 5.97 Å². The van der Waals surface area contributed by atoms with Crippen LogP contribution in [0.15, 0.2) is 0 Å². The van der Waals surface area contributed by atoms with Crippen LogP contribution in [0.5, 0.6) is 0 Å². The molecule has 1 N–H and O–H groups in total. The molecular formula is C7H15HgO2. The Bertz CT molecular complexity index is 66.0. The summed E-state index contributed by atoms with van der Waals surface area (Å²) >= 11 is 1.07. The van der Waals surface area contributed by atoms with Crippen LogP contribution in [-0.2, 0) is 30.9 Å². The molecule has 0 unspecified atom stereocenters. The molecule has 0 saturated carbocycles. The van der Waals surface area contributed by atoms with Gasteiger partial charge in [0.2, 0.25) is 0 Å². The van der Waals surface area contributed by atoms with E-state index in [0.717, 1.165) is 33.0 Å². The summed E-state index contributed by atoms with van der Waals surface area (Å²) < 4.78 is 1.55. The second-order valence-electron chi connectivity index (χ2n) is 2.08. The SMILES string of the molecule is CC(=O)O.CCCC[CH2][Hg]. The van der Waals surface area contributed by atoms with E-state index in [-0.39, 0.29) is 0 Å². The zero-order chi connectivity index (χ0) is 8.41. The van der Waals surface area contributed by atoms with Crippen LogP contribution in [0.2, 0.25) is 3.93 Å². The van der Waals surface area contributed by atoms with Crippen LogP contribution in [0.1, 0.15) is 33.1 Å². The van der Waals surface area contributed by atoms with Gasteiger partial charge in [0.15, 0.2) is 0 Å². The number of carboxylic acids is 1. The maximum absolute atomic E-state index is 9.00. The summed E-state index contributed by atoms with van der Waals surface area (Å²) in [7, 11) is 0. The molecule has 0 saturated heterocycles. The second-order valence-corrected chi connectivity index (χ2v) is 4.83. The van der Waals surface area contributed by atoms with Gasteiger partial charge in [0.1, 0.15) is 0 Å². The van der Waals surface area contributed by atoms with Gasteiger partial charge in [0.25, 0.3) is 5.97 Å². The summed E-state index contributed by atoms with van der Waals surface area (Å²) in [5.41, 5.74) is 0. The van der Waals surface area contributed by atoms with Crippen LogP contribution in [0.4, 0.5) is 0 Å². The standard InChI is InChI=1S/C5H11.C2H4O2.Hg/c1-3-5-4-2;1-2(3)4;/h1,3-5H2,2H3;1H3,(H,3,4);. The van der Waals surface area contributed by atoms with Gasteiger partial charge in [-0.05, 0) is 0 Å². The number of aliphatic carboxylic acids is 1. The molecule has 0 aliphatic rings. The van der Waals surface area contributed by atoms with Crippen LogP contribution < -0.4 is 0 Å². The third kappa shape index (κ3) is 39.8.